The highest BCUT2D eigenvalue weighted by molar-refractivity contribution is 9.10. The SMILES string of the molecule is CC(NCCOc1cc(Br)cc(F)c1F)C1CC1. The van der Waals surface area contributed by atoms with E-state index in [0.717, 1.165) is 12.0 Å². The van der Waals surface area contributed by atoms with Crippen molar-refractivity contribution in [2.45, 2.75) is 25.8 Å². The van der Waals surface area contributed by atoms with Gasteiger partial charge < -0.3 is 10.1 Å². The molecule has 1 unspecified atom stereocenters. The minimum atomic E-state index is -0.937. The molecule has 18 heavy (non-hydrogen) atoms. The first kappa shape index (κ1) is 13.7. The first-order chi connectivity index (χ1) is 8.58. The first-order valence-electron chi connectivity index (χ1n) is 6.08. The van der Waals surface area contributed by atoms with Crippen molar-refractivity contribution in [3.63, 3.8) is 0 Å². The highest BCUT2D eigenvalue weighted by Gasteiger charge is 2.27. The van der Waals surface area contributed by atoms with E-state index in [9.17, 15) is 8.78 Å². The Labute approximate surface area is 114 Å². The fourth-order valence-corrected chi connectivity index (χ4v) is 2.26. The van der Waals surface area contributed by atoms with Gasteiger partial charge in [-0.15, -0.1) is 0 Å². The van der Waals surface area contributed by atoms with Crippen molar-refractivity contribution in [2.75, 3.05) is 13.2 Å². The van der Waals surface area contributed by atoms with Gasteiger partial charge in [0.1, 0.15) is 6.61 Å². The average molecular weight is 320 g/mol. The van der Waals surface area contributed by atoms with E-state index < -0.39 is 11.6 Å². The van der Waals surface area contributed by atoms with Gasteiger partial charge in [-0.2, -0.15) is 4.39 Å². The van der Waals surface area contributed by atoms with Crippen LogP contribution in [-0.4, -0.2) is 19.2 Å². The molecule has 1 fully saturated rings. The summed E-state index contributed by atoms with van der Waals surface area (Å²) in [5.74, 6) is -1.13. The third kappa shape index (κ3) is 3.65. The molecule has 1 aliphatic rings. The zero-order chi connectivity index (χ0) is 13.1. The van der Waals surface area contributed by atoms with Crippen molar-refractivity contribution in [1.82, 2.24) is 5.32 Å². The Bertz CT molecular complexity index is 424. The van der Waals surface area contributed by atoms with Gasteiger partial charge in [-0.05, 0) is 37.8 Å². The molecule has 2 rings (SSSR count). The van der Waals surface area contributed by atoms with Crippen molar-refractivity contribution >= 4 is 15.9 Å². The molecule has 0 aromatic heterocycles. The number of ether oxygens (including phenoxy) is 1. The van der Waals surface area contributed by atoms with E-state index in [0.29, 0.717) is 23.7 Å². The summed E-state index contributed by atoms with van der Waals surface area (Å²) in [5.41, 5.74) is 0. The van der Waals surface area contributed by atoms with Gasteiger partial charge in [0, 0.05) is 17.1 Å². The van der Waals surface area contributed by atoms with Crippen LogP contribution in [0.5, 0.6) is 5.75 Å². The molecule has 0 radical (unpaired) electrons. The van der Waals surface area contributed by atoms with Crippen molar-refractivity contribution in [1.29, 1.82) is 0 Å². The van der Waals surface area contributed by atoms with Crippen LogP contribution in [-0.2, 0) is 0 Å². The van der Waals surface area contributed by atoms with Crippen LogP contribution in [0.25, 0.3) is 0 Å². The number of rotatable bonds is 6. The van der Waals surface area contributed by atoms with Crippen LogP contribution in [0, 0.1) is 17.6 Å². The predicted molar refractivity (Wildman–Crippen MR) is 69.7 cm³/mol. The van der Waals surface area contributed by atoms with Gasteiger partial charge in [0.05, 0.1) is 0 Å². The third-order valence-electron chi connectivity index (χ3n) is 3.11. The Morgan fingerprint density at radius 2 is 2.17 bits per heavy atom. The first-order valence-corrected chi connectivity index (χ1v) is 6.88. The molecule has 100 valence electrons. The van der Waals surface area contributed by atoms with Crippen molar-refractivity contribution in [2.24, 2.45) is 5.92 Å². The van der Waals surface area contributed by atoms with E-state index in [1.807, 2.05) is 0 Å². The Morgan fingerprint density at radius 1 is 1.44 bits per heavy atom. The van der Waals surface area contributed by atoms with Gasteiger partial charge in [-0.3, -0.25) is 0 Å². The van der Waals surface area contributed by atoms with Crippen LogP contribution < -0.4 is 10.1 Å². The van der Waals surface area contributed by atoms with Crippen LogP contribution in [0.1, 0.15) is 19.8 Å². The number of nitrogens with one attached hydrogen (secondary N) is 1. The quantitative estimate of drug-likeness (QED) is 0.640. The standard InChI is InChI=1S/C13H16BrF2NO/c1-8(9-2-3-9)17-4-5-18-12-7-10(14)6-11(15)13(12)16/h6-9,17H,2-5H2,1H3. The summed E-state index contributed by atoms with van der Waals surface area (Å²) in [6.45, 7) is 3.09. The maximum absolute atomic E-state index is 13.4. The minimum absolute atomic E-state index is 0.0530. The molecule has 1 aromatic rings. The molecule has 0 amide bonds. The lowest BCUT2D eigenvalue weighted by atomic mass is 10.2. The summed E-state index contributed by atoms with van der Waals surface area (Å²) < 4.78 is 32.2. The number of benzene rings is 1. The molecule has 1 aliphatic carbocycles. The van der Waals surface area contributed by atoms with E-state index >= 15 is 0 Å². The summed E-state index contributed by atoms with van der Waals surface area (Å²) in [6, 6.07) is 2.98. The maximum atomic E-state index is 13.4. The molecule has 1 aromatic carbocycles. The maximum Gasteiger partial charge on any atom is 0.200 e. The van der Waals surface area contributed by atoms with Crippen molar-refractivity contribution < 1.29 is 13.5 Å². The molecule has 0 heterocycles. The number of hydrogen-bond acceptors (Lipinski definition) is 2. The third-order valence-corrected chi connectivity index (χ3v) is 3.57. The van der Waals surface area contributed by atoms with Gasteiger partial charge in [-0.1, -0.05) is 15.9 Å². The normalized spacial score (nSPS) is 16.7. The van der Waals surface area contributed by atoms with Gasteiger partial charge >= 0.3 is 0 Å². The van der Waals surface area contributed by atoms with Crippen LogP contribution in [0.15, 0.2) is 16.6 Å². The minimum Gasteiger partial charge on any atom is -0.489 e. The van der Waals surface area contributed by atoms with Crippen molar-refractivity contribution in [3.05, 3.63) is 28.2 Å². The molecule has 0 spiro atoms. The zero-order valence-corrected chi connectivity index (χ0v) is 11.8. The Kier molecular flexibility index (Phi) is 4.56. The lowest BCUT2D eigenvalue weighted by Gasteiger charge is -2.13. The summed E-state index contributed by atoms with van der Waals surface area (Å²) in [4.78, 5) is 0. The van der Waals surface area contributed by atoms with E-state index in [1.54, 1.807) is 0 Å². The summed E-state index contributed by atoms with van der Waals surface area (Å²) in [5, 5.41) is 3.31. The van der Waals surface area contributed by atoms with Gasteiger partial charge in [0.25, 0.3) is 0 Å². The van der Waals surface area contributed by atoms with E-state index in [2.05, 4.69) is 28.2 Å². The summed E-state index contributed by atoms with van der Waals surface area (Å²) in [6.07, 6.45) is 2.56. The number of hydrogen-bond donors (Lipinski definition) is 1. The summed E-state index contributed by atoms with van der Waals surface area (Å²) in [7, 11) is 0. The molecule has 0 saturated heterocycles. The summed E-state index contributed by atoms with van der Waals surface area (Å²) >= 11 is 3.10. The highest BCUT2D eigenvalue weighted by Crippen LogP contribution is 2.32. The van der Waals surface area contributed by atoms with E-state index in [4.69, 9.17) is 4.74 Å². The monoisotopic (exact) mass is 319 g/mol. The Morgan fingerprint density at radius 3 is 2.83 bits per heavy atom. The molecule has 0 bridgehead atoms. The van der Waals surface area contributed by atoms with Gasteiger partial charge in [-0.25, -0.2) is 4.39 Å². The van der Waals surface area contributed by atoms with Crippen LogP contribution >= 0.6 is 15.9 Å². The van der Waals surface area contributed by atoms with Gasteiger partial charge in [0.15, 0.2) is 11.6 Å². The lowest BCUT2D eigenvalue weighted by Crippen LogP contribution is -2.31. The van der Waals surface area contributed by atoms with Crippen LogP contribution in [0.4, 0.5) is 8.78 Å². The van der Waals surface area contributed by atoms with Crippen molar-refractivity contribution in [3.8, 4) is 5.75 Å². The fourth-order valence-electron chi connectivity index (χ4n) is 1.85. The average Bonchev–Trinajstić information content (AvgIpc) is 3.14. The molecule has 2 nitrogen and oxygen atoms in total. The predicted octanol–water partition coefficient (Wildman–Crippen LogP) is 3.49. The van der Waals surface area contributed by atoms with E-state index in [-0.39, 0.29) is 5.75 Å². The van der Waals surface area contributed by atoms with Crippen LogP contribution in [0.3, 0.4) is 0 Å². The van der Waals surface area contributed by atoms with Crippen LogP contribution in [0.2, 0.25) is 0 Å². The lowest BCUT2D eigenvalue weighted by molar-refractivity contribution is 0.284. The fraction of sp³-hybridized carbons (Fsp3) is 0.538. The molecular formula is C13H16BrF2NO. The topological polar surface area (TPSA) is 21.3 Å². The molecule has 5 heteroatoms. The molecule has 0 aliphatic heterocycles. The van der Waals surface area contributed by atoms with Gasteiger partial charge in [0.2, 0.25) is 5.82 Å². The van der Waals surface area contributed by atoms with E-state index in [1.165, 1.54) is 18.9 Å². The Balaban J connectivity index is 1.79. The number of halogens is 3. The second kappa shape index (κ2) is 5.97. The molecule has 1 saturated carbocycles. The largest absolute Gasteiger partial charge is 0.489 e. The second-order valence-corrected chi connectivity index (χ2v) is 5.54. The molecular weight excluding hydrogens is 304 g/mol. The smallest absolute Gasteiger partial charge is 0.200 e. The molecule has 1 atom stereocenters. The zero-order valence-electron chi connectivity index (χ0n) is 10.2. The second-order valence-electron chi connectivity index (χ2n) is 4.63. The highest BCUT2D eigenvalue weighted by atomic mass is 79.9. The Hall–Kier alpha value is -0.680. The molecule has 1 N–H and O–H groups in total.